The maximum Gasteiger partial charge on any atom is 0.197 e. The van der Waals surface area contributed by atoms with E-state index in [4.69, 9.17) is 18.9 Å². The number of hydrogen-bond donors (Lipinski definition) is 0. The van der Waals surface area contributed by atoms with E-state index < -0.39 is 0 Å². The Balaban J connectivity index is 2.83. The number of rotatable bonds is 10. The van der Waals surface area contributed by atoms with E-state index in [0.29, 0.717) is 24.9 Å². The summed E-state index contributed by atoms with van der Waals surface area (Å²) in [5.41, 5.74) is 1.08. The summed E-state index contributed by atoms with van der Waals surface area (Å²) in [5, 5.41) is 0. The van der Waals surface area contributed by atoms with Gasteiger partial charge >= 0.3 is 0 Å². The fourth-order valence-corrected chi connectivity index (χ4v) is 2.02. The van der Waals surface area contributed by atoms with Gasteiger partial charge in [0.05, 0.1) is 12.7 Å². The molecule has 0 aromatic heterocycles. The van der Waals surface area contributed by atoms with E-state index >= 15 is 0 Å². The van der Waals surface area contributed by atoms with Crippen molar-refractivity contribution in [3.05, 3.63) is 23.8 Å². The summed E-state index contributed by atoms with van der Waals surface area (Å²) >= 11 is 0. The molecule has 1 rings (SSSR count). The summed E-state index contributed by atoms with van der Waals surface area (Å²) in [6.45, 7) is 14.1. The first kappa shape index (κ1) is 18.8. The minimum atomic E-state index is -0.301. The molecular formula is C18H30O4. The van der Waals surface area contributed by atoms with Gasteiger partial charge in [-0.1, -0.05) is 19.9 Å². The molecule has 0 saturated carbocycles. The van der Waals surface area contributed by atoms with Gasteiger partial charge < -0.3 is 18.9 Å². The normalized spacial score (nSPS) is 14.0. The maximum absolute atomic E-state index is 5.86. The molecule has 0 aliphatic rings. The fourth-order valence-electron chi connectivity index (χ4n) is 2.02. The molecule has 0 fully saturated rings. The molecule has 22 heavy (non-hydrogen) atoms. The smallest absolute Gasteiger partial charge is 0.197 e. The lowest BCUT2D eigenvalue weighted by molar-refractivity contribution is -0.0625. The Hall–Kier alpha value is -1.26. The average Bonchev–Trinajstić information content (AvgIpc) is 2.47. The molecule has 0 N–H and O–H groups in total. The van der Waals surface area contributed by atoms with E-state index in [1.165, 1.54) is 0 Å². The van der Waals surface area contributed by atoms with Crippen LogP contribution < -0.4 is 9.47 Å². The lowest BCUT2D eigenvalue weighted by atomic mass is 10.1. The van der Waals surface area contributed by atoms with Crippen molar-refractivity contribution < 1.29 is 18.9 Å². The van der Waals surface area contributed by atoms with E-state index in [1.54, 1.807) is 0 Å². The lowest BCUT2D eigenvalue weighted by Crippen LogP contribution is -2.16. The van der Waals surface area contributed by atoms with Crippen LogP contribution in [0.4, 0.5) is 0 Å². The molecule has 0 amide bonds. The summed E-state index contributed by atoms with van der Waals surface area (Å²) in [6.07, 6.45) is -0.273. The van der Waals surface area contributed by atoms with Crippen LogP contribution in [0.5, 0.6) is 11.5 Å². The summed E-state index contributed by atoms with van der Waals surface area (Å²) < 4.78 is 22.8. The van der Waals surface area contributed by atoms with Crippen molar-refractivity contribution in [2.45, 2.75) is 53.9 Å². The Morgan fingerprint density at radius 3 is 2.23 bits per heavy atom. The third-order valence-corrected chi connectivity index (χ3v) is 3.11. The number of hydrogen-bond acceptors (Lipinski definition) is 4. The molecule has 2 atom stereocenters. The van der Waals surface area contributed by atoms with E-state index in [9.17, 15) is 0 Å². The van der Waals surface area contributed by atoms with E-state index in [2.05, 4.69) is 20.8 Å². The average molecular weight is 310 g/mol. The van der Waals surface area contributed by atoms with Gasteiger partial charge in [0.2, 0.25) is 0 Å². The van der Waals surface area contributed by atoms with Crippen LogP contribution in [0.2, 0.25) is 0 Å². The van der Waals surface area contributed by atoms with Gasteiger partial charge in [0.25, 0.3) is 0 Å². The van der Waals surface area contributed by atoms with Crippen LogP contribution >= 0.6 is 0 Å². The molecule has 0 aliphatic heterocycles. The molecule has 0 aliphatic carbocycles. The molecule has 1 aromatic rings. The summed E-state index contributed by atoms with van der Waals surface area (Å²) in [5.74, 6) is 1.94. The molecule has 2 unspecified atom stereocenters. The molecule has 0 spiro atoms. The third kappa shape index (κ3) is 6.24. The molecule has 126 valence electrons. The van der Waals surface area contributed by atoms with Crippen LogP contribution in [0.15, 0.2) is 18.2 Å². The highest BCUT2D eigenvalue weighted by Gasteiger charge is 2.14. The minimum Gasteiger partial charge on any atom is -0.490 e. The van der Waals surface area contributed by atoms with Crippen molar-refractivity contribution in [3.8, 4) is 11.5 Å². The van der Waals surface area contributed by atoms with Gasteiger partial charge in [-0.2, -0.15) is 0 Å². The second-order valence-electron chi connectivity index (χ2n) is 5.65. The van der Waals surface area contributed by atoms with Gasteiger partial charge in [-0.15, -0.1) is 0 Å². The van der Waals surface area contributed by atoms with Gasteiger partial charge in [0, 0.05) is 13.2 Å². The molecule has 4 heteroatoms. The van der Waals surface area contributed by atoms with Gasteiger partial charge in [-0.3, -0.25) is 0 Å². The first-order valence-corrected chi connectivity index (χ1v) is 8.14. The van der Waals surface area contributed by atoms with Crippen molar-refractivity contribution in [1.29, 1.82) is 0 Å². The first-order chi connectivity index (χ1) is 10.5. The van der Waals surface area contributed by atoms with Crippen molar-refractivity contribution in [2.75, 3.05) is 19.8 Å². The Labute approximate surface area is 134 Å². The highest BCUT2D eigenvalue weighted by atomic mass is 16.7. The Morgan fingerprint density at radius 1 is 0.909 bits per heavy atom. The zero-order valence-electron chi connectivity index (χ0n) is 14.7. The van der Waals surface area contributed by atoms with Crippen molar-refractivity contribution >= 4 is 0 Å². The Bertz CT molecular complexity index is 431. The van der Waals surface area contributed by atoms with E-state index in [1.807, 2.05) is 39.0 Å². The van der Waals surface area contributed by atoms with E-state index in [-0.39, 0.29) is 12.4 Å². The zero-order chi connectivity index (χ0) is 16.5. The van der Waals surface area contributed by atoms with Crippen LogP contribution in [-0.4, -0.2) is 26.1 Å². The molecule has 0 saturated heterocycles. The van der Waals surface area contributed by atoms with Crippen LogP contribution in [0.3, 0.4) is 0 Å². The molecule has 0 heterocycles. The molecule has 0 radical (unpaired) electrons. The van der Waals surface area contributed by atoms with Crippen LogP contribution in [-0.2, 0) is 9.47 Å². The van der Waals surface area contributed by atoms with Crippen molar-refractivity contribution in [3.63, 3.8) is 0 Å². The second kappa shape index (κ2) is 9.70. The zero-order valence-corrected chi connectivity index (χ0v) is 14.7. The topological polar surface area (TPSA) is 36.9 Å². The van der Waals surface area contributed by atoms with Crippen LogP contribution in [0.1, 0.15) is 53.2 Å². The van der Waals surface area contributed by atoms with Crippen molar-refractivity contribution in [1.82, 2.24) is 0 Å². The lowest BCUT2D eigenvalue weighted by Gasteiger charge is -2.20. The largest absolute Gasteiger partial charge is 0.490 e. The predicted molar refractivity (Wildman–Crippen MR) is 88.5 cm³/mol. The number of benzene rings is 1. The van der Waals surface area contributed by atoms with Gasteiger partial charge in [0.15, 0.2) is 17.8 Å². The Kier molecular flexibility index (Phi) is 8.28. The van der Waals surface area contributed by atoms with Crippen LogP contribution in [0.25, 0.3) is 0 Å². The summed E-state index contributed by atoms with van der Waals surface area (Å²) in [6, 6.07) is 5.93. The van der Waals surface area contributed by atoms with Gasteiger partial charge in [0.1, 0.15) is 0 Å². The predicted octanol–water partition coefficient (Wildman–Crippen LogP) is 4.58. The molecule has 1 aromatic carbocycles. The standard InChI is InChI=1S/C18H30O4/c1-7-19-15(6)22-17-10-9-16(11-18(17)20-8-2)14(5)21-12-13(3)4/h9-11,13-15H,7-8,12H2,1-6H3. The monoisotopic (exact) mass is 310 g/mol. The second-order valence-corrected chi connectivity index (χ2v) is 5.65. The fraction of sp³-hybridized carbons (Fsp3) is 0.667. The summed E-state index contributed by atoms with van der Waals surface area (Å²) in [7, 11) is 0. The number of ether oxygens (including phenoxy) is 4. The first-order valence-electron chi connectivity index (χ1n) is 8.14. The summed E-state index contributed by atoms with van der Waals surface area (Å²) in [4.78, 5) is 0. The van der Waals surface area contributed by atoms with Crippen LogP contribution in [0, 0.1) is 5.92 Å². The highest BCUT2D eigenvalue weighted by Crippen LogP contribution is 2.32. The molecule has 4 nitrogen and oxygen atoms in total. The SMILES string of the molecule is CCOc1cc(C(C)OCC(C)C)ccc1OC(C)OCC. The third-order valence-electron chi connectivity index (χ3n) is 3.11. The van der Waals surface area contributed by atoms with E-state index in [0.717, 1.165) is 17.9 Å². The maximum atomic E-state index is 5.86. The quantitative estimate of drug-likeness (QED) is 0.593. The molecule has 0 bridgehead atoms. The van der Waals surface area contributed by atoms with Crippen molar-refractivity contribution in [2.24, 2.45) is 5.92 Å². The van der Waals surface area contributed by atoms with Gasteiger partial charge in [-0.05, 0) is 51.3 Å². The molecular weight excluding hydrogens is 280 g/mol. The Morgan fingerprint density at radius 2 is 1.64 bits per heavy atom. The minimum absolute atomic E-state index is 0.0278. The van der Waals surface area contributed by atoms with Gasteiger partial charge in [-0.25, -0.2) is 0 Å². The highest BCUT2D eigenvalue weighted by molar-refractivity contribution is 5.43.